The van der Waals surface area contributed by atoms with Gasteiger partial charge in [-0.2, -0.15) is 5.10 Å². The average molecular weight is 328 g/mol. The number of ether oxygens (including phenoxy) is 1. The summed E-state index contributed by atoms with van der Waals surface area (Å²) in [5.41, 5.74) is 2.51. The van der Waals surface area contributed by atoms with Crippen molar-refractivity contribution in [3.05, 3.63) is 47.7 Å². The van der Waals surface area contributed by atoms with Crippen molar-refractivity contribution < 1.29 is 9.13 Å². The first kappa shape index (κ1) is 15.3. The van der Waals surface area contributed by atoms with E-state index in [-0.39, 0.29) is 6.04 Å². The summed E-state index contributed by atoms with van der Waals surface area (Å²) in [6.07, 6.45) is 2.34. The zero-order valence-electron chi connectivity index (χ0n) is 13.5. The van der Waals surface area contributed by atoms with Crippen LogP contribution in [-0.4, -0.2) is 42.1 Å². The summed E-state index contributed by atoms with van der Waals surface area (Å²) < 4.78 is 19.4. The second-order valence-electron chi connectivity index (χ2n) is 6.39. The zero-order chi connectivity index (χ0) is 16.4. The molecule has 3 heterocycles. The number of nitrogens with zero attached hydrogens (tertiary/aromatic N) is 3. The van der Waals surface area contributed by atoms with E-state index in [2.05, 4.69) is 27.6 Å². The molecule has 126 valence electrons. The third-order valence-corrected chi connectivity index (χ3v) is 4.68. The quantitative estimate of drug-likeness (QED) is 0.911. The lowest BCUT2D eigenvalue weighted by atomic mass is 10.1. The van der Waals surface area contributed by atoms with Crippen molar-refractivity contribution in [2.75, 3.05) is 24.6 Å². The maximum atomic E-state index is 13.9. The number of rotatable bonds is 5. The van der Waals surface area contributed by atoms with Crippen LogP contribution in [0.15, 0.2) is 36.5 Å². The van der Waals surface area contributed by atoms with Gasteiger partial charge < -0.3 is 15.0 Å². The van der Waals surface area contributed by atoms with E-state index in [4.69, 9.17) is 4.74 Å². The molecule has 0 amide bonds. The minimum Gasteiger partial charge on any atom is -0.493 e. The fourth-order valence-electron chi connectivity index (χ4n) is 3.51. The van der Waals surface area contributed by atoms with Crippen LogP contribution in [0.25, 0.3) is 0 Å². The van der Waals surface area contributed by atoms with Crippen LogP contribution < -0.4 is 15.0 Å². The second-order valence-corrected chi connectivity index (χ2v) is 6.39. The van der Waals surface area contributed by atoms with E-state index in [1.54, 1.807) is 6.20 Å². The number of alkyl halides is 1. The molecule has 1 N–H and O–H groups in total. The Balaban J connectivity index is 1.36. The van der Waals surface area contributed by atoms with Crippen molar-refractivity contribution in [1.29, 1.82) is 0 Å². The second kappa shape index (κ2) is 6.73. The van der Waals surface area contributed by atoms with Gasteiger partial charge in [0.15, 0.2) is 5.82 Å². The van der Waals surface area contributed by atoms with E-state index in [0.717, 1.165) is 37.7 Å². The zero-order valence-corrected chi connectivity index (χ0v) is 13.5. The molecule has 4 rings (SSSR count). The predicted octanol–water partition coefficient (Wildman–Crippen LogP) is 2.12. The highest BCUT2D eigenvalue weighted by Gasteiger charge is 2.32. The summed E-state index contributed by atoms with van der Waals surface area (Å²) in [6, 6.07) is 10.2. The van der Waals surface area contributed by atoms with Gasteiger partial charge in [0, 0.05) is 38.2 Å². The maximum absolute atomic E-state index is 13.9. The van der Waals surface area contributed by atoms with E-state index in [1.165, 1.54) is 11.1 Å². The van der Waals surface area contributed by atoms with E-state index < -0.39 is 6.17 Å². The van der Waals surface area contributed by atoms with E-state index in [0.29, 0.717) is 13.0 Å². The number of anilines is 1. The topological polar surface area (TPSA) is 50.3 Å². The van der Waals surface area contributed by atoms with Gasteiger partial charge in [-0.3, -0.25) is 0 Å². The van der Waals surface area contributed by atoms with Crippen molar-refractivity contribution in [2.24, 2.45) is 0 Å². The third-order valence-electron chi connectivity index (χ3n) is 4.68. The van der Waals surface area contributed by atoms with Crippen LogP contribution in [-0.2, 0) is 13.0 Å². The smallest absolute Gasteiger partial charge is 0.151 e. The Hall–Kier alpha value is -2.21. The van der Waals surface area contributed by atoms with Crippen molar-refractivity contribution in [2.45, 2.75) is 31.6 Å². The number of nitrogens with one attached hydrogen (secondary N) is 1. The monoisotopic (exact) mass is 328 g/mol. The van der Waals surface area contributed by atoms with Gasteiger partial charge in [-0.1, -0.05) is 12.1 Å². The Labute approximate surface area is 140 Å². The predicted molar refractivity (Wildman–Crippen MR) is 90.0 cm³/mol. The number of hydrogen-bond donors (Lipinski definition) is 1. The van der Waals surface area contributed by atoms with Crippen molar-refractivity contribution >= 4 is 5.82 Å². The number of fused-ring (bicyclic) bond motifs is 1. The largest absolute Gasteiger partial charge is 0.493 e. The summed E-state index contributed by atoms with van der Waals surface area (Å²) in [6.45, 7) is 2.67. The number of halogens is 1. The summed E-state index contributed by atoms with van der Waals surface area (Å²) in [7, 11) is 0. The Bertz CT molecular complexity index is 697. The van der Waals surface area contributed by atoms with Crippen LogP contribution in [0.3, 0.4) is 0 Å². The lowest BCUT2D eigenvalue weighted by Crippen LogP contribution is -2.38. The molecule has 5 nitrogen and oxygen atoms in total. The normalized spacial score (nSPS) is 22.5. The van der Waals surface area contributed by atoms with Crippen LogP contribution >= 0.6 is 0 Å². The van der Waals surface area contributed by atoms with Gasteiger partial charge in [-0.05, 0) is 29.3 Å². The van der Waals surface area contributed by atoms with Crippen molar-refractivity contribution in [1.82, 2.24) is 15.5 Å². The van der Waals surface area contributed by atoms with Gasteiger partial charge in [-0.25, -0.2) is 4.39 Å². The molecular formula is C18H21FN4O. The minimum absolute atomic E-state index is 0.106. The van der Waals surface area contributed by atoms with Crippen LogP contribution in [0.1, 0.15) is 17.5 Å². The third kappa shape index (κ3) is 3.19. The minimum atomic E-state index is -0.809. The van der Waals surface area contributed by atoms with E-state index in [1.807, 2.05) is 23.1 Å². The molecule has 2 aromatic rings. The number of hydrogen-bond acceptors (Lipinski definition) is 5. The highest BCUT2D eigenvalue weighted by atomic mass is 19.1. The average Bonchev–Trinajstić information content (AvgIpc) is 3.21. The van der Waals surface area contributed by atoms with Gasteiger partial charge in [0.2, 0.25) is 0 Å². The Kier molecular flexibility index (Phi) is 4.30. The Morgan fingerprint density at radius 2 is 2.29 bits per heavy atom. The van der Waals surface area contributed by atoms with Crippen LogP contribution in [0, 0.1) is 0 Å². The molecule has 0 bridgehead atoms. The first-order valence-electron chi connectivity index (χ1n) is 8.43. The molecule has 1 aromatic carbocycles. The molecule has 2 aliphatic rings. The molecule has 0 aliphatic carbocycles. The molecule has 1 fully saturated rings. The van der Waals surface area contributed by atoms with E-state index in [9.17, 15) is 4.39 Å². The standard InChI is InChI=1S/C18H21FN4O/c19-15-9-16(23(12-15)18-2-1-6-21-22-18)11-20-10-13-3-4-17-14(8-13)5-7-24-17/h1-4,6,8,15-16,20H,5,7,9-12H2/t15-,16-/m0/s1. The summed E-state index contributed by atoms with van der Waals surface area (Å²) in [5.74, 6) is 1.75. The van der Waals surface area contributed by atoms with Gasteiger partial charge in [0.1, 0.15) is 11.9 Å². The lowest BCUT2D eigenvalue weighted by molar-refractivity contribution is 0.354. The molecule has 1 saturated heterocycles. The SMILES string of the molecule is F[C@H]1C[C@@H](CNCc2ccc3c(c2)CCO3)N(c2cccnn2)C1. The van der Waals surface area contributed by atoms with Gasteiger partial charge >= 0.3 is 0 Å². The molecule has 0 spiro atoms. The Morgan fingerprint density at radius 1 is 1.33 bits per heavy atom. The van der Waals surface area contributed by atoms with E-state index >= 15 is 0 Å². The van der Waals surface area contributed by atoms with Gasteiger partial charge in [0.25, 0.3) is 0 Å². The fourth-order valence-corrected chi connectivity index (χ4v) is 3.51. The fraction of sp³-hybridized carbons (Fsp3) is 0.444. The maximum Gasteiger partial charge on any atom is 0.151 e. The first-order chi connectivity index (χ1) is 11.8. The summed E-state index contributed by atoms with van der Waals surface area (Å²) >= 11 is 0. The van der Waals surface area contributed by atoms with Gasteiger partial charge in [0.05, 0.1) is 13.2 Å². The number of benzene rings is 1. The summed E-state index contributed by atoms with van der Waals surface area (Å²) in [5, 5.41) is 11.5. The molecule has 0 radical (unpaired) electrons. The molecule has 0 unspecified atom stereocenters. The number of aromatic nitrogens is 2. The molecule has 1 aromatic heterocycles. The lowest BCUT2D eigenvalue weighted by Gasteiger charge is -2.25. The molecule has 6 heteroatoms. The molecule has 0 saturated carbocycles. The van der Waals surface area contributed by atoms with Gasteiger partial charge in [-0.15, -0.1) is 5.10 Å². The van der Waals surface area contributed by atoms with Crippen molar-refractivity contribution in [3.8, 4) is 5.75 Å². The van der Waals surface area contributed by atoms with Crippen molar-refractivity contribution in [3.63, 3.8) is 0 Å². The first-order valence-corrected chi connectivity index (χ1v) is 8.43. The summed E-state index contributed by atoms with van der Waals surface area (Å²) in [4.78, 5) is 2.02. The van der Waals surface area contributed by atoms with Crippen LogP contribution in [0.4, 0.5) is 10.2 Å². The molecule has 2 aliphatic heterocycles. The highest BCUT2D eigenvalue weighted by molar-refractivity contribution is 5.41. The van der Waals surface area contributed by atoms with Crippen LogP contribution in [0.2, 0.25) is 0 Å². The highest BCUT2D eigenvalue weighted by Crippen LogP contribution is 2.27. The Morgan fingerprint density at radius 3 is 3.17 bits per heavy atom. The van der Waals surface area contributed by atoms with Crippen LogP contribution in [0.5, 0.6) is 5.75 Å². The molecule has 2 atom stereocenters. The molecule has 24 heavy (non-hydrogen) atoms. The molecular weight excluding hydrogens is 307 g/mol.